The highest BCUT2D eigenvalue weighted by Gasteiger charge is 2.18. The van der Waals surface area contributed by atoms with Gasteiger partial charge in [0.15, 0.2) is 0 Å². The zero-order valence-corrected chi connectivity index (χ0v) is 12.9. The summed E-state index contributed by atoms with van der Waals surface area (Å²) in [7, 11) is 0. The molecule has 0 aliphatic carbocycles. The van der Waals surface area contributed by atoms with Crippen LogP contribution in [0.5, 0.6) is 5.88 Å². The number of benzene rings is 1. The van der Waals surface area contributed by atoms with Crippen LogP contribution >= 0.6 is 27.3 Å². The number of hydrogen-bond donors (Lipinski definition) is 2. The molecule has 3 rings (SSSR count). The Morgan fingerprint density at radius 1 is 1.19 bits per heavy atom. The number of aromatic hydroxyl groups is 1. The molecule has 106 valence electrons. The van der Waals surface area contributed by atoms with Crippen molar-refractivity contribution in [3.8, 4) is 22.7 Å². The largest absolute Gasteiger partial charge is 0.494 e. The number of thiophene rings is 1. The second-order valence-electron chi connectivity index (χ2n) is 4.25. The third-order valence-corrected chi connectivity index (χ3v) is 4.36. The third kappa shape index (κ3) is 2.34. The van der Waals surface area contributed by atoms with Crippen molar-refractivity contribution in [2.45, 2.75) is 0 Å². The predicted octanol–water partition coefficient (Wildman–Crippen LogP) is 2.72. The van der Waals surface area contributed by atoms with Gasteiger partial charge in [0.05, 0.1) is 5.69 Å². The molecule has 0 radical (unpaired) electrons. The van der Waals surface area contributed by atoms with E-state index in [-0.39, 0.29) is 11.4 Å². The van der Waals surface area contributed by atoms with Crippen LogP contribution in [0.2, 0.25) is 0 Å². The molecule has 3 aromatic rings. The summed E-state index contributed by atoms with van der Waals surface area (Å²) in [5.41, 5.74) is -0.233. The summed E-state index contributed by atoms with van der Waals surface area (Å²) in [5.74, 6) is -0.381. The standard InChI is InChI=1S/C14H9BrN2O3S/c15-10-4-2-1-3-9(10)11-12(18)16-14(20)17(13(11)19)8-5-6-21-7-8/h1-7,19H,(H,16,18,20). The molecule has 2 N–H and O–H groups in total. The smallest absolute Gasteiger partial charge is 0.335 e. The van der Waals surface area contributed by atoms with Gasteiger partial charge in [-0.1, -0.05) is 34.1 Å². The molecule has 0 bridgehead atoms. The van der Waals surface area contributed by atoms with Crippen LogP contribution in [0.15, 0.2) is 55.2 Å². The van der Waals surface area contributed by atoms with E-state index in [9.17, 15) is 14.7 Å². The highest BCUT2D eigenvalue weighted by atomic mass is 79.9. The minimum absolute atomic E-state index is 0.0493. The Balaban J connectivity index is 2.38. The van der Waals surface area contributed by atoms with Gasteiger partial charge in [-0.15, -0.1) is 0 Å². The van der Waals surface area contributed by atoms with Crippen LogP contribution in [0, 0.1) is 0 Å². The van der Waals surface area contributed by atoms with Crippen molar-refractivity contribution in [1.82, 2.24) is 9.55 Å². The number of rotatable bonds is 2. The molecule has 0 saturated carbocycles. The number of aromatic nitrogens is 2. The lowest BCUT2D eigenvalue weighted by Crippen LogP contribution is -2.29. The molecule has 1 aromatic carbocycles. The Hall–Kier alpha value is -2.12. The van der Waals surface area contributed by atoms with Crippen LogP contribution in [0.3, 0.4) is 0 Å². The van der Waals surface area contributed by atoms with E-state index >= 15 is 0 Å². The lowest BCUT2D eigenvalue weighted by atomic mass is 10.1. The van der Waals surface area contributed by atoms with Crippen LogP contribution in [-0.4, -0.2) is 14.7 Å². The van der Waals surface area contributed by atoms with E-state index in [0.29, 0.717) is 15.7 Å². The van der Waals surface area contributed by atoms with Crippen molar-refractivity contribution in [3.05, 3.63) is 66.4 Å². The van der Waals surface area contributed by atoms with E-state index in [0.717, 1.165) is 4.57 Å². The maximum Gasteiger partial charge on any atom is 0.335 e. The molecule has 2 heterocycles. The predicted molar refractivity (Wildman–Crippen MR) is 85.3 cm³/mol. The van der Waals surface area contributed by atoms with E-state index in [2.05, 4.69) is 20.9 Å². The van der Waals surface area contributed by atoms with Gasteiger partial charge in [0, 0.05) is 15.4 Å². The number of halogens is 1. The van der Waals surface area contributed by atoms with E-state index in [4.69, 9.17) is 0 Å². The van der Waals surface area contributed by atoms with Crippen molar-refractivity contribution in [3.63, 3.8) is 0 Å². The lowest BCUT2D eigenvalue weighted by molar-refractivity contribution is 0.434. The minimum atomic E-state index is -0.674. The van der Waals surface area contributed by atoms with Crippen molar-refractivity contribution in [1.29, 1.82) is 0 Å². The van der Waals surface area contributed by atoms with Crippen LogP contribution in [0.1, 0.15) is 0 Å². The van der Waals surface area contributed by atoms with Crippen LogP contribution in [-0.2, 0) is 0 Å². The molecule has 0 amide bonds. The zero-order valence-electron chi connectivity index (χ0n) is 10.5. The van der Waals surface area contributed by atoms with Gasteiger partial charge in [-0.25, -0.2) is 9.36 Å². The maximum absolute atomic E-state index is 12.1. The van der Waals surface area contributed by atoms with Gasteiger partial charge in [0.25, 0.3) is 5.56 Å². The van der Waals surface area contributed by atoms with Crippen LogP contribution < -0.4 is 11.2 Å². The molecule has 0 spiro atoms. The second-order valence-corrected chi connectivity index (χ2v) is 5.89. The molecule has 0 saturated heterocycles. The van der Waals surface area contributed by atoms with Gasteiger partial charge in [0.1, 0.15) is 5.56 Å². The lowest BCUT2D eigenvalue weighted by Gasteiger charge is -2.11. The number of aromatic amines is 1. The molecule has 0 atom stereocenters. The van der Waals surface area contributed by atoms with Crippen molar-refractivity contribution < 1.29 is 5.11 Å². The van der Waals surface area contributed by atoms with E-state index < -0.39 is 11.2 Å². The first-order valence-electron chi connectivity index (χ1n) is 5.95. The average molecular weight is 365 g/mol. The molecular formula is C14H9BrN2O3S. The third-order valence-electron chi connectivity index (χ3n) is 2.99. The Bertz CT molecular complexity index is 913. The molecule has 0 aliphatic rings. The monoisotopic (exact) mass is 364 g/mol. The first-order chi connectivity index (χ1) is 10.1. The van der Waals surface area contributed by atoms with Gasteiger partial charge in [0.2, 0.25) is 5.88 Å². The average Bonchev–Trinajstić information content (AvgIpc) is 2.94. The number of hydrogen-bond acceptors (Lipinski definition) is 4. The molecule has 21 heavy (non-hydrogen) atoms. The fourth-order valence-corrected chi connectivity index (χ4v) is 3.16. The summed E-state index contributed by atoms with van der Waals surface area (Å²) < 4.78 is 1.73. The summed E-state index contributed by atoms with van der Waals surface area (Å²) in [6.07, 6.45) is 0. The summed E-state index contributed by atoms with van der Waals surface area (Å²) in [6.45, 7) is 0. The van der Waals surface area contributed by atoms with Crippen molar-refractivity contribution >= 4 is 27.3 Å². The Kier molecular flexibility index (Phi) is 3.52. The Labute approximate surface area is 131 Å². The van der Waals surface area contributed by atoms with Crippen molar-refractivity contribution in [2.24, 2.45) is 0 Å². The summed E-state index contributed by atoms with van der Waals surface area (Å²) >= 11 is 4.73. The fourth-order valence-electron chi connectivity index (χ4n) is 2.06. The molecule has 0 unspecified atom stereocenters. The molecular weight excluding hydrogens is 356 g/mol. The molecule has 0 aliphatic heterocycles. The normalized spacial score (nSPS) is 10.7. The van der Waals surface area contributed by atoms with Gasteiger partial charge < -0.3 is 5.11 Å². The number of nitrogens with zero attached hydrogens (tertiary/aromatic N) is 1. The summed E-state index contributed by atoms with van der Waals surface area (Å²) in [4.78, 5) is 26.3. The van der Waals surface area contributed by atoms with Gasteiger partial charge in [-0.3, -0.25) is 9.78 Å². The zero-order chi connectivity index (χ0) is 15.0. The molecule has 0 fully saturated rings. The first-order valence-corrected chi connectivity index (χ1v) is 7.69. The number of H-pyrrole nitrogens is 1. The second kappa shape index (κ2) is 5.34. The molecule has 7 heteroatoms. The van der Waals surface area contributed by atoms with Crippen LogP contribution in [0.4, 0.5) is 0 Å². The Morgan fingerprint density at radius 3 is 2.62 bits per heavy atom. The minimum Gasteiger partial charge on any atom is -0.494 e. The quantitative estimate of drug-likeness (QED) is 0.733. The highest BCUT2D eigenvalue weighted by Crippen LogP contribution is 2.31. The van der Waals surface area contributed by atoms with E-state index in [1.807, 2.05) is 0 Å². The topological polar surface area (TPSA) is 75.1 Å². The summed E-state index contributed by atoms with van der Waals surface area (Å²) in [5, 5.41) is 13.9. The first kappa shape index (κ1) is 13.8. The Morgan fingerprint density at radius 2 is 1.95 bits per heavy atom. The summed E-state index contributed by atoms with van der Waals surface area (Å²) in [6, 6.07) is 8.69. The SMILES string of the molecule is O=c1[nH]c(=O)n(-c2ccsc2)c(O)c1-c1ccccc1Br. The van der Waals surface area contributed by atoms with Crippen LogP contribution in [0.25, 0.3) is 16.8 Å². The van der Waals surface area contributed by atoms with Gasteiger partial charge >= 0.3 is 5.69 Å². The van der Waals surface area contributed by atoms with E-state index in [1.54, 1.807) is 41.1 Å². The van der Waals surface area contributed by atoms with Gasteiger partial charge in [-0.2, -0.15) is 11.3 Å². The fraction of sp³-hybridized carbons (Fsp3) is 0. The van der Waals surface area contributed by atoms with Crippen molar-refractivity contribution in [2.75, 3.05) is 0 Å². The highest BCUT2D eigenvalue weighted by molar-refractivity contribution is 9.10. The maximum atomic E-state index is 12.1. The molecule has 5 nitrogen and oxygen atoms in total. The van der Waals surface area contributed by atoms with E-state index in [1.165, 1.54) is 11.3 Å². The number of nitrogens with one attached hydrogen (secondary N) is 1. The molecule has 2 aromatic heterocycles. The van der Waals surface area contributed by atoms with Gasteiger partial charge in [-0.05, 0) is 17.5 Å².